The lowest BCUT2D eigenvalue weighted by atomic mass is 10.1. The van der Waals surface area contributed by atoms with Gasteiger partial charge in [0.15, 0.2) is 0 Å². The highest BCUT2D eigenvalue weighted by Gasteiger charge is 2.31. The molecule has 1 aliphatic heterocycles. The number of para-hydroxylation sites is 2. The Balaban J connectivity index is 1.62. The molecular formula is C23H27N3O3S. The maximum absolute atomic E-state index is 13.1. The molecule has 0 amide bonds. The van der Waals surface area contributed by atoms with Crippen LogP contribution in [0.1, 0.15) is 33.1 Å². The van der Waals surface area contributed by atoms with E-state index in [9.17, 15) is 8.42 Å². The third-order valence-electron chi connectivity index (χ3n) is 5.46. The summed E-state index contributed by atoms with van der Waals surface area (Å²) in [7, 11) is -3.50. The number of ether oxygens (including phenoxy) is 1. The highest BCUT2D eigenvalue weighted by molar-refractivity contribution is 7.89. The molecule has 7 heteroatoms. The normalized spacial score (nSPS) is 17.7. The lowest BCUT2D eigenvalue weighted by Crippen LogP contribution is -2.41. The zero-order valence-electron chi connectivity index (χ0n) is 17.3. The van der Waals surface area contributed by atoms with Crippen molar-refractivity contribution in [3.8, 4) is 5.75 Å². The summed E-state index contributed by atoms with van der Waals surface area (Å²) in [5, 5.41) is 4.08. The molecule has 1 aliphatic rings. The van der Waals surface area contributed by atoms with Gasteiger partial charge in [-0.05, 0) is 69.2 Å². The van der Waals surface area contributed by atoms with Crippen LogP contribution in [0.3, 0.4) is 0 Å². The maximum Gasteiger partial charge on any atom is 0.243 e. The van der Waals surface area contributed by atoms with E-state index >= 15 is 0 Å². The van der Waals surface area contributed by atoms with Crippen LogP contribution in [0.25, 0.3) is 10.9 Å². The first kappa shape index (κ1) is 20.6. The number of pyridine rings is 1. The average Bonchev–Trinajstić information content (AvgIpc) is 2.75. The topological polar surface area (TPSA) is 71.5 Å². The van der Waals surface area contributed by atoms with Gasteiger partial charge in [0.05, 0.1) is 22.7 Å². The van der Waals surface area contributed by atoms with Gasteiger partial charge in [0, 0.05) is 18.0 Å². The van der Waals surface area contributed by atoms with Gasteiger partial charge in [0.1, 0.15) is 11.6 Å². The number of anilines is 2. The highest BCUT2D eigenvalue weighted by Crippen LogP contribution is 2.29. The molecule has 1 aromatic heterocycles. The van der Waals surface area contributed by atoms with Crippen molar-refractivity contribution in [3.05, 3.63) is 54.6 Å². The van der Waals surface area contributed by atoms with Crippen LogP contribution >= 0.6 is 0 Å². The first-order valence-corrected chi connectivity index (χ1v) is 11.8. The number of nitrogens with zero attached hydrogens (tertiary/aromatic N) is 2. The molecule has 0 spiro atoms. The Morgan fingerprint density at radius 3 is 2.77 bits per heavy atom. The minimum atomic E-state index is -3.50. The number of piperidine rings is 1. The summed E-state index contributed by atoms with van der Waals surface area (Å²) >= 11 is 0. The predicted octanol–water partition coefficient (Wildman–Crippen LogP) is 4.94. The van der Waals surface area contributed by atoms with Gasteiger partial charge in [-0.2, -0.15) is 4.31 Å². The third kappa shape index (κ3) is 4.13. The van der Waals surface area contributed by atoms with Crippen LogP contribution in [0.2, 0.25) is 0 Å². The van der Waals surface area contributed by atoms with Crippen LogP contribution in [-0.2, 0) is 10.0 Å². The van der Waals surface area contributed by atoms with Crippen molar-refractivity contribution in [1.82, 2.24) is 9.29 Å². The van der Waals surface area contributed by atoms with Gasteiger partial charge in [-0.25, -0.2) is 13.4 Å². The Kier molecular flexibility index (Phi) is 5.92. The molecule has 1 unspecified atom stereocenters. The fourth-order valence-electron chi connectivity index (χ4n) is 3.89. The monoisotopic (exact) mass is 425 g/mol. The van der Waals surface area contributed by atoms with Crippen molar-refractivity contribution in [1.29, 1.82) is 0 Å². The van der Waals surface area contributed by atoms with Gasteiger partial charge >= 0.3 is 0 Å². The first-order chi connectivity index (χ1) is 14.5. The van der Waals surface area contributed by atoms with Crippen LogP contribution < -0.4 is 10.1 Å². The number of hydrogen-bond donors (Lipinski definition) is 1. The molecule has 0 radical (unpaired) electrons. The smallest absolute Gasteiger partial charge is 0.243 e. The van der Waals surface area contributed by atoms with E-state index in [1.165, 1.54) is 0 Å². The summed E-state index contributed by atoms with van der Waals surface area (Å²) in [5.74, 6) is 1.44. The molecule has 1 N–H and O–H groups in total. The Labute approximate surface area is 177 Å². The zero-order chi connectivity index (χ0) is 21.1. The van der Waals surface area contributed by atoms with Crippen LogP contribution in [0.4, 0.5) is 11.5 Å². The lowest BCUT2D eigenvalue weighted by Gasteiger charge is -2.32. The number of hydrogen-bond acceptors (Lipinski definition) is 5. The van der Waals surface area contributed by atoms with Crippen molar-refractivity contribution >= 4 is 32.4 Å². The number of fused-ring (bicyclic) bond motifs is 1. The van der Waals surface area contributed by atoms with Crippen molar-refractivity contribution < 1.29 is 13.2 Å². The minimum Gasteiger partial charge on any atom is -0.492 e. The summed E-state index contributed by atoms with van der Waals surface area (Å²) < 4.78 is 33.5. The maximum atomic E-state index is 13.1. The molecular weight excluding hydrogens is 398 g/mol. The van der Waals surface area contributed by atoms with Crippen LogP contribution in [0.15, 0.2) is 59.5 Å². The van der Waals surface area contributed by atoms with Gasteiger partial charge < -0.3 is 10.1 Å². The highest BCUT2D eigenvalue weighted by atomic mass is 32.2. The summed E-state index contributed by atoms with van der Waals surface area (Å²) in [6.07, 6.45) is 2.90. The fourth-order valence-corrected chi connectivity index (χ4v) is 5.62. The molecule has 6 nitrogen and oxygen atoms in total. The van der Waals surface area contributed by atoms with Gasteiger partial charge in [-0.15, -0.1) is 0 Å². The minimum absolute atomic E-state index is 0.0366. The SMILES string of the molecule is CCOc1ccccc1Nc1ccc2cc(S(=O)(=O)N3CCCCC3C)ccc2n1. The van der Waals surface area contributed by atoms with Crippen LogP contribution in [0, 0.1) is 0 Å². The van der Waals surface area contributed by atoms with Crippen molar-refractivity contribution in [2.45, 2.75) is 44.0 Å². The number of sulfonamides is 1. The molecule has 1 saturated heterocycles. The molecule has 0 saturated carbocycles. The summed E-state index contributed by atoms with van der Waals surface area (Å²) in [6.45, 7) is 5.09. The Bertz CT molecular complexity index is 1150. The molecule has 2 aromatic carbocycles. The first-order valence-electron chi connectivity index (χ1n) is 10.4. The zero-order valence-corrected chi connectivity index (χ0v) is 18.2. The molecule has 30 heavy (non-hydrogen) atoms. The Hall–Kier alpha value is -2.64. The van der Waals surface area contributed by atoms with E-state index in [-0.39, 0.29) is 6.04 Å². The molecule has 3 aromatic rings. The van der Waals surface area contributed by atoms with E-state index < -0.39 is 10.0 Å². The number of rotatable bonds is 6. The van der Waals surface area contributed by atoms with Gasteiger partial charge in [-0.1, -0.05) is 18.6 Å². The average molecular weight is 426 g/mol. The van der Waals surface area contributed by atoms with Gasteiger partial charge in [0.2, 0.25) is 10.0 Å². The number of nitrogens with one attached hydrogen (secondary N) is 1. The third-order valence-corrected chi connectivity index (χ3v) is 7.47. The largest absolute Gasteiger partial charge is 0.492 e. The quantitative estimate of drug-likeness (QED) is 0.606. The lowest BCUT2D eigenvalue weighted by molar-refractivity contribution is 0.268. The standard InChI is InChI=1S/C23H27N3O3S/c1-3-29-22-10-5-4-9-21(22)25-23-14-11-18-16-19(12-13-20(18)24-23)30(27,28)26-15-7-6-8-17(26)2/h4-5,9-14,16-17H,3,6-8,15H2,1-2H3,(H,24,25). The van der Waals surface area contributed by atoms with Gasteiger partial charge in [-0.3, -0.25) is 0 Å². The molecule has 0 bridgehead atoms. The van der Waals surface area contributed by atoms with Crippen molar-refractivity contribution in [2.75, 3.05) is 18.5 Å². The molecule has 1 atom stereocenters. The second-order valence-corrected chi connectivity index (χ2v) is 9.46. The Morgan fingerprint density at radius 2 is 1.97 bits per heavy atom. The van der Waals surface area contributed by atoms with E-state index in [0.29, 0.717) is 23.9 Å². The van der Waals surface area contributed by atoms with Crippen LogP contribution in [0.5, 0.6) is 5.75 Å². The van der Waals surface area contributed by atoms with Gasteiger partial charge in [0.25, 0.3) is 0 Å². The Morgan fingerprint density at radius 1 is 1.13 bits per heavy atom. The number of aromatic nitrogens is 1. The van der Waals surface area contributed by atoms with E-state index in [1.807, 2.05) is 50.2 Å². The van der Waals surface area contributed by atoms with E-state index in [0.717, 1.165) is 41.6 Å². The fraction of sp³-hybridized carbons (Fsp3) is 0.348. The molecule has 1 fully saturated rings. The number of benzene rings is 2. The second kappa shape index (κ2) is 8.62. The summed E-state index contributed by atoms with van der Waals surface area (Å²) in [5.41, 5.74) is 1.57. The van der Waals surface area contributed by atoms with E-state index in [2.05, 4.69) is 10.3 Å². The van der Waals surface area contributed by atoms with Crippen molar-refractivity contribution in [3.63, 3.8) is 0 Å². The molecule has 4 rings (SSSR count). The van der Waals surface area contributed by atoms with E-state index in [4.69, 9.17) is 4.74 Å². The summed E-state index contributed by atoms with van der Waals surface area (Å²) in [4.78, 5) is 4.97. The molecule has 0 aliphatic carbocycles. The molecule has 2 heterocycles. The van der Waals surface area contributed by atoms with E-state index in [1.54, 1.807) is 22.5 Å². The summed E-state index contributed by atoms with van der Waals surface area (Å²) in [6, 6.07) is 16.6. The van der Waals surface area contributed by atoms with Crippen molar-refractivity contribution in [2.24, 2.45) is 0 Å². The predicted molar refractivity (Wildman–Crippen MR) is 120 cm³/mol. The molecule has 158 valence electrons. The van der Waals surface area contributed by atoms with Crippen LogP contribution in [-0.4, -0.2) is 36.9 Å². The second-order valence-electron chi connectivity index (χ2n) is 7.57.